The third kappa shape index (κ3) is 5.23. The van der Waals surface area contributed by atoms with E-state index in [9.17, 15) is 9.59 Å². The number of hydrogen-bond acceptors (Lipinski definition) is 3. The number of carbonyl (C=O) groups is 2. The monoisotopic (exact) mass is 333 g/mol. The highest BCUT2D eigenvalue weighted by atomic mass is 16.5. The Balaban J connectivity index is 2.02. The number of benzene rings is 1. The summed E-state index contributed by atoms with van der Waals surface area (Å²) < 4.78 is 5.63. The number of nitrogens with one attached hydrogen (secondary N) is 2. The largest absolute Gasteiger partial charge is 0.376 e. The van der Waals surface area contributed by atoms with Gasteiger partial charge in [-0.25, -0.2) is 4.79 Å². The van der Waals surface area contributed by atoms with Gasteiger partial charge in [-0.15, -0.1) is 0 Å². The van der Waals surface area contributed by atoms with Crippen molar-refractivity contribution >= 4 is 17.6 Å². The molecule has 132 valence electrons. The zero-order valence-corrected chi connectivity index (χ0v) is 14.7. The van der Waals surface area contributed by atoms with Crippen molar-refractivity contribution in [3.05, 3.63) is 29.8 Å². The van der Waals surface area contributed by atoms with Crippen molar-refractivity contribution in [1.82, 2.24) is 10.2 Å². The van der Waals surface area contributed by atoms with E-state index in [4.69, 9.17) is 4.74 Å². The number of ether oxygens (including phenoxy) is 1. The number of amides is 3. The third-order valence-electron chi connectivity index (χ3n) is 3.90. The predicted octanol–water partition coefficient (Wildman–Crippen LogP) is 2.86. The lowest BCUT2D eigenvalue weighted by Crippen LogP contribution is -2.37. The summed E-state index contributed by atoms with van der Waals surface area (Å²) >= 11 is 0. The van der Waals surface area contributed by atoms with E-state index in [1.165, 1.54) is 0 Å². The first kappa shape index (κ1) is 18.3. The van der Waals surface area contributed by atoms with Gasteiger partial charge in [-0.2, -0.15) is 0 Å². The van der Waals surface area contributed by atoms with Gasteiger partial charge in [0.25, 0.3) is 5.91 Å². The lowest BCUT2D eigenvalue weighted by molar-refractivity contribution is 0.0539. The van der Waals surface area contributed by atoms with Crippen LogP contribution in [0.25, 0.3) is 0 Å². The summed E-state index contributed by atoms with van der Waals surface area (Å²) in [6.45, 7) is 7.77. The Morgan fingerprint density at radius 3 is 2.79 bits per heavy atom. The third-order valence-corrected chi connectivity index (χ3v) is 3.90. The lowest BCUT2D eigenvalue weighted by Gasteiger charge is -2.24. The molecule has 1 aromatic rings. The molecule has 1 fully saturated rings. The highest BCUT2D eigenvalue weighted by Gasteiger charge is 2.22. The van der Waals surface area contributed by atoms with Crippen LogP contribution in [0.3, 0.4) is 0 Å². The van der Waals surface area contributed by atoms with Crippen LogP contribution in [-0.2, 0) is 4.74 Å². The van der Waals surface area contributed by atoms with Gasteiger partial charge in [-0.05, 0) is 51.8 Å². The maximum atomic E-state index is 12.7. The second-order valence-electron chi connectivity index (χ2n) is 6.31. The summed E-state index contributed by atoms with van der Waals surface area (Å²) in [7, 11) is 0. The molecule has 1 aliphatic heterocycles. The molecule has 0 saturated carbocycles. The molecule has 1 aromatic carbocycles. The molecule has 1 unspecified atom stereocenters. The average molecular weight is 333 g/mol. The Hall–Kier alpha value is -2.08. The predicted molar refractivity (Wildman–Crippen MR) is 94.3 cm³/mol. The van der Waals surface area contributed by atoms with Crippen molar-refractivity contribution in [2.75, 3.05) is 25.0 Å². The molecule has 6 nitrogen and oxygen atoms in total. The minimum absolute atomic E-state index is 0.0408. The van der Waals surface area contributed by atoms with E-state index in [1.54, 1.807) is 29.2 Å². The molecule has 0 aliphatic carbocycles. The number of urea groups is 1. The number of rotatable bonds is 6. The van der Waals surface area contributed by atoms with Crippen LogP contribution in [0, 0.1) is 0 Å². The summed E-state index contributed by atoms with van der Waals surface area (Å²) in [6.07, 6.45) is 2.19. The summed E-state index contributed by atoms with van der Waals surface area (Å²) in [5.74, 6) is -0.0408. The van der Waals surface area contributed by atoms with E-state index < -0.39 is 0 Å². The van der Waals surface area contributed by atoms with Gasteiger partial charge in [-0.1, -0.05) is 6.07 Å². The lowest BCUT2D eigenvalue weighted by atomic mass is 10.1. The van der Waals surface area contributed by atoms with E-state index in [-0.39, 0.29) is 24.1 Å². The van der Waals surface area contributed by atoms with Crippen LogP contribution < -0.4 is 10.6 Å². The first-order valence-corrected chi connectivity index (χ1v) is 8.58. The molecule has 0 aromatic heterocycles. The van der Waals surface area contributed by atoms with Crippen LogP contribution in [0.5, 0.6) is 0 Å². The number of carbonyl (C=O) groups excluding carboxylic acids is 2. The Labute approximate surface area is 143 Å². The van der Waals surface area contributed by atoms with Gasteiger partial charge in [0.1, 0.15) is 0 Å². The Morgan fingerprint density at radius 2 is 2.17 bits per heavy atom. The van der Waals surface area contributed by atoms with Crippen molar-refractivity contribution < 1.29 is 14.3 Å². The highest BCUT2D eigenvalue weighted by molar-refractivity contribution is 5.97. The number of nitrogens with zero attached hydrogens (tertiary/aromatic N) is 1. The second-order valence-corrected chi connectivity index (χ2v) is 6.31. The van der Waals surface area contributed by atoms with E-state index >= 15 is 0 Å². The molecule has 1 atom stereocenters. The summed E-state index contributed by atoms with van der Waals surface area (Å²) in [6, 6.07) is 6.80. The smallest absolute Gasteiger partial charge is 0.319 e. The van der Waals surface area contributed by atoms with Crippen molar-refractivity contribution in [2.45, 2.75) is 45.8 Å². The molecule has 2 rings (SSSR count). The van der Waals surface area contributed by atoms with Crippen LogP contribution in [0.15, 0.2) is 24.3 Å². The molecule has 6 heteroatoms. The van der Waals surface area contributed by atoms with Gasteiger partial charge in [0.2, 0.25) is 0 Å². The Kier molecular flexibility index (Phi) is 6.61. The highest BCUT2D eigenvalue weighted by Crippen LogP contribution is 2.17. The van der Waals surface area contributed by atoms with Crippen LogP contribution in [0.2, 0.25) is 0 Å². The van der Waals surface area contributed by atoms with E-state index in [1.807, 2.05) is 20.8 Å². The van der Waals surface area contributed by atoms with E-state index in [0.29, 0.717) is 24.3 Å². The van der Waals surface area contributed by atoms with Crippen molar-refractivity contribution in [1.29, 1.82) is 0 Å². The standard InChI is InChI=1S/C18H27N3O3/c1-4-21(12-16-9-6-10-24-16)17(22)14-7-5-8-15(11-14)20-18(23)19-13(2)3/h5,7-8,11,13,16H,4,6,9-10,12H2,1-3H3,(H2,19,20,23). The zero-order valence-electron chi connectivity index (χ0n) is 14.7. The molecule has 3 amide bonds. The van der Waals surface area contributed by atoms with E-state index in [2.05, 4.69) is 10.6 Å². The molecule has 1 saturated heterocycles. The SMILES string of the molecule is CCN(CC1CCCO1)C(=O)c1cccc(NC(=O)NC(C)C)c1. The zero-order chi connectivity index (χ0) is 17.5. The van der Waals surface area contributed by atoms with Crippen molar-refractivity contribution in [2.24, 2.45) is 0 Å². The number of hydrogen-bond donors (Lipinski definition) is 2. The molecule has 0 radical (unpaired) electrons. The van der Waals surface area contributed by atoms with Crippen LogP contribution in [-0.4, -0.2) is 48.7 Å². The van der Waals surface area contributed by atoms with Crippen LogP contribution in [0.1, 0.15) is 44.0 Å². The maximum Gasteiger partial charge on any atom is 0.319 e. The van der Waals surface area contributed by atoms with Gasteiger partial charge < -0.3 is 20.3 Å². The molecular weight excluding hydrogens is 306 g/mol. The Bertz CT molecular complexity index is 568. The van der Waals surface area contributed by atoms with Crippen LogP contribution in [0.4, 0.5) is 10.5 Å². The summed E-state index contributed by atoms with van der Waals surface area (Å²) in [4.78, 5) is 26.3. The molecule has 0 spiro atoms. The second kappa shape index (κ2) is 8.68. The molecule has 0 bridgehead atoms. The van der Waals surface area contributed by atoms with Gasteiger partial charge >= 0.3 is 6.03 Å². The quantitative estimate of drug-likeness (QED) is 0.841. The van der Waals surface area contributed by atoms with Gasteiger partial charge in [0, 0.05) is 37.0 Å². The summed E-state index contributed by atoms with van der Waals surface area (Å²) in [5.41, 5.74) is 1.17. The minimum atomic E-state index is -0.277. The fourth-order valence-corrected chi connectivity index (χ4v) is 2.73. The van der Waals surface area contributed by atoms with Crippen molar-refractivity contribution in [3.63, 3.8) is 0 Å². The van der Waals surface area contributed by atoms with Gasteiger partial charge in [0.15, 0.2) is 0 Å². The topological polar surface area (TPSA) is 70.7 Å². The summed E-state index contributed by atoms with van der Waals surface area (Å²) in [5, 5.41) is 5.51. The number of anilines is 1. The fraction of sp³-hybridized carbons (Fsp3) is 0.556. The first-order valence-electron chi connectivity index (χ1n) is 8.58. The minimum Gasteiger partial charge on any atom is -0.376 e. The molecular formula is C18H27N3O3. The first-order chi connectivity index (χ1) is 11.5. The van der Waals surface area contributed by atoms with Crippen molar-refractivity contribution in [3.8, 4) is 0 Å². The maximum absolute atomic E-state index is 12.7. The average Bonchev–Trinajstić information content (AvgIpc) is 3.04. The molecule has 24 heavy (non-hydrogen) atoms. The van der Waals surface area contributed by atoms with Crippen LogP contribution >= 0.6 is 0 Å². The van der Waals surface area contributed by atoms with Gasteiger partial charge in [0.05, 0.1) is 6.10 Å². The molecule has 1 heterocycles. The normalized spacial score (nSPS) is 16.9. The van der Waals surface area contributed by atoms with E-state index in [0.717, 1.165) is 19.4 Å². The molecule has 1 aliphatic rings. The Morgan fingerprint density at radius 1 is 1.38 bits per heavy atom. The number of likely N-dealkylation sites (N-methyl/N-ethyl adjacent to an activating group) is 1. The van der Waals surface area contributed by atoms with Gasteiger partial charge in [-0.3, -0.25) is 4.79 Å². The molecule has 2 N–H and O–H groups in total. The fourth-order valence-electron chi connectivity index (χ4n) is 2.73.